The fourth-order valence-electron chi connectivity index (χ4n) is 2.26. The van der Waals surface area contributed by atoms with Crippen molar-refractivity contribution >= 4 is 11.4 Å². The summed E-state index contributed by atoms with van der Waals surface area (Å²) in [5, 5.41) is 0. The zero-order chi connectivity index (χ0) is 10.8. The standard InChI is InChI=1S/C13H20N2/c1-10-7-8-15(9-11(10)2)13-6-4-3-5-12(13)14/h3-6,10-11H,7-9,14H2,1-2H3. The van der Waals surface area contributed by atoms with Gasteiger partial charge in [0.05, 0.1) is 11.4 Å². The molecule has 0 spiro atoms. The van der Waals surface area contributed by atoms with Crippen molar-refractivity contribution in [2.24, 2.45) is 11.8 Å². The van der Waals surface area contributed by atoms with Gasteiger partial charge in [0, 0.05) is 13.1 Å². The summed E-state index contributed by atoms with van der Waals surface area (Å²) in [4.78, 5) is 2.42. The first-order valence-corrected chi connectivity index (χ1v) is 5.78. The molecule has 1 aromatic rings. The van der Waals surface area contributed by atoms with Crippen LogP contribution in [0, 0.1) is 11.8 Å². The summed E-state index contributed by atoms with van der Waals surface area (Å²) < 4.78 is 0. The Morgan fingerprint density at radius 3 is 2.60 bits per heavy atom. The van der Waals surface area contributed by atoms with Gasteiger partial charge in [0.15, 0.2) is 0 Å². The van der Waals surface area contributed by atoms with E-state index in [4.69, 9.17) is 5.73 Å². The van der Waals surface area contributed by atoms with Crippen LogP contribution < -0.4 is 10.6 Å². The second-order valence-corrected chi connectivity index (χ2v) is 4.75. The second kappa shape index (κ2) is 4.13. The maximum atomic E-state index is 5.99. The van der Waals surface area contributed by atoms with E-state index in [1.54, 1.807) is 0 Å². The monoisotopic (exact) mass is 204 g/mol. The minimum absolute atomic E-state index is 0.762. The Bertz CT molecular complexity index is 335. The van der Waals surface area contributed by atoms with Crippen LogP contribution in [-0.4, -0.2) is 13.1 Å². The highest BCUT2D eigenvalue weighted by atomic mass is 15.1. The van der Waals surface area contributed by atoms with E-state index < -0.39 is 0 Å². The fourth-order valence-corrected chi connectivity index (χ4v) is 2.26. The molecule has 2 N–H and O–H groups in total. The first kappa shape index (κ1) is 10.3. The largest absolute Gasteiger partial charge is 0.397 e. The second-order valence-electron chi connectivity index (χ2n) is 4.75. The Hall–Kier alpha value is -1.18. The van der Waals surface area contributed by atoms with Crippen molar-refractivity contribution in [3.8, 4) is 0 Å². The first-order valence-electron chi connectivity index (χ1n) is 5.78. The van der Waals surface area contributed by atoms with Gasteiger partial charge in [-0.3, -0.25) is 0 Å². The summed E-state index contributed by atoms with van der Waals surface area (Å²) >= 11 is 0. The molecule has 0 bridgehead atoms. The lowest BCUT2D eigenvalue weighted by molar-refractivity contribution is 0.324. The molecule has 0 saturated carbocycles. The fraction of sp³-hybridized carbons (Fsp3) is 0.538. The van der Waals surface area contributed by atoms with Crippen LogP contribution in [0.25, 0.3) is 0 Å². The lowest BCUT2D eigenvalue weighted by Gasteiger charge is -2.37. The van der Waals surface area contributed by atoms with Crippen molar-refractivity contribution in [2.75, 3.05) is 23.7 Å². The number of nitrogens with zero attached hydrogens (tertiary/aromatic N) is 1. The third kappa shape index (κ3) is 2.09. The van der Waals surface area contributed by atoms with E-state index in [9.17, 15) is 0 Å². The molecule has 0 amide bonds. The molecule has 1 heterocycles. The molecule has 15 heavy (non-hydrogen) atoms. The minimum Gasteiger partial charge on any atom is -0.397 e. The number of para-hydroxylation sites is 2. The third-order valence-corrected chi connectivity index (χ3v) is 3.61. The quantitative estimate of drug-likeness (QED) is 0.713. The zero-order valence-corrected chi connectivity index (χ0v) is 9.61. The highest BCUT2D eigenvalue weighted by Crippen LogP contribution is 2.30. The summed E-state index contributed by atoms with van der Waals surface area (Å²) in [6.07, 6.45) is 1.27. The van der Waals surface area contributed by atoms with E-state index in [0.29, 0.717) is 0 Å². The molecule has 2 atom stereocenters. The number of benzene rings is 1. The van der Waals surface area contributed by atoms with E-state index in [1.807, 2.05) is 12.1 Å². The van der Waals surface area contributed by atoms with Crippen molar-refractivity contribution in [2.45, 2.75) is 20.3 Å². The van der Waals surface area contributed by atoms with Crippen LogP contribution in [0.3, 0.4) is 0 Å². The Labute approximate surface area is 92.1 Å². The summed E-state index contributed by atoms with van der Waals surface area (Å²) in [5.41, 5.74) is 8.10. The number of hydrogen-bond acceptors (Lipinski definition) is 2. The lowest BCUT2D eigenvalue weighted by Crippen LogP contribution is -2.38. The third-order valence-electron chi connectivity index (χ3n) is 3.61. The maximum absolute atomic E-state index is 5.99. The van der Waals surface area contributed by atoms with E-state index in [0.717, 1.165) is 30.6 Å². The van der Waals surface area contributed by atoms with Crippen LogP contribution in [0.4, 0.5) is 11.4 Å². The molecule has 2 nitrogen and oxygen atoms in total. The van der Waals surface area contributed by atoms with Crippen molar-refractivity contribution in [1.82, 2.24) is 0 Å². The Morgan fingerprint density at radius 1 is 1.20 bits per heavy atom. The summed E-state index contributed by atoms with van der Waals surface area (Å²) in [6, 6.07) is 8.17. The molecule has 2 heteroatoms. The number of nitrogen functional groups attached to an aromatic ring is 1. The normalized spacial score (nSPS) is 26.7. The molecule has 1 aliphatic rings. The molecule has 1 aliphatic heterocycles. The van der Waals surface area contributed by atoms with E-state index in [2.05, 4.69) is 30.9 Å². The Morgan fingerprint density at radius 2 is 1.93 bits per heavy atom. The van der Waals surface area contributed by atoms with Crippen LogP contribution in [0.2, 0.25) is 0 Å². The molecule has 1 aromatic carbocycles. The minimum atomic E-state index is 0.762. The summed E-state index contributed by atoms with van der Waals surface area (Å²) in [5.74, 6) is 1.60. The highest BCUT2D eigenvalue weighted by Gasteiger charge is 2.23. The number of nitrogens with two attached hydrogens (primary N) is 1. The lowest BCUT2D eigenvalue weighted by atomic mass is 9.88. The molecule has 0 aromatic heterocycles. The van der Waals surface area contributed by atoms with Gasteiger partial charge in [-0.2, -0.15) is 0 Å². The molecule has 1 fully saturated rings. The number of rotatable bonds is 1. The molecule has 82 valence electrons. The smallest absolute Gasteiger partial charge is 0.0600 e. The topological polar surface area (TPSA) is 29.3 Å². The zero-order valence-electron chi connectivity index (χ0n) is 9.61. The molecule has 2 rings (SSSR count). The molecule has 1 saturated heterocycles. The Balaban J connectivity index is 2.15. The molecule has 0 aliphatic carbocycles. The predicted molar refractivity (Wildman–Crippen MR) is 66.0 cm³/mol. The van der Waals surface area contributed by atoms with Crippen molar-refractivity contribution in [1.29, 1.82) is 0 Å². The Kier molecular flexibility index (Phi) is 2.85. The van der Waals surface area contributed by atoms with Gasteiger partial charge < -0.3 is 10.6 Å². The van der Waals surface area contributed by atoms with Crippen molar-refractivity contribution in [3.63, 3.8) is 0 Å². The average molecular weight is 204 g/mol. The molecular weight excluding hydrogens is 184 g/mol. The molecule has 0 radical (unpaired) electrons. The van der Waals surface area contributed by atoms with Gasteiger partial charge in [-0.15, -0.1) is 0 Å². The van der Waals surface area contributed by atoms with Crippen LogP contribution in [0.15, 0.2) is 24.3 Å². The van der Waals surface area contributed by atoms with Crippen LogP contribution in [0.5, 0.6) is 0 Å². The average Bonchev–Trinajstić information content (AvgIpc) is 2.23. The van der Waals surface area contributed by atoms with Gasteiger partial charge in [-0.05, 0) is 30.4 Å². The molecular formula is C13H20N2. The van der Waals surface area contributed by atoms with Gasteiger partial charge in [0.25, 0.3) is 0 Å². The van der Waals surface area contributed by atoms with E-state index >= 15 is 0 Å². The predicted octanol–water partition coefficient (Wildman–Crippen LogP) is 2.75. The van der Waals surface area contributed by atoms with Crippen LogP contribution in [0.1, 0.15) is 20.3 Å². The highest BCUT2D eigenvalue weighted by molar-refractivity contribution is 5.67. The van der Waals surface area contributed by atoms with Crippen molar-refractivity contribution < 1.29 is 0 Å². The van der Waals surface area contributed by atoms with E-state index in [1.165, 1.54) is 12.1 Å². The number of hydrogen-bond donors (Lipinski definition) is 1. The van der Waals surface area contributed by atoms with Gasteiger partial charge in [0.2, 0.25) is 0 Å². The maximum Gasteiger partial charge on any atom is 0.0600 e. The van der Waals surface area contributed by atoms with Gasteiger partial charge >= 0.3 is 0 Å². The molecule has 2 unspecified atom stereocenters. The van der Waals surface area contributed by atoms with Gasteiger partial charge in [-0.1, -0.05) is 26.0 Å². The summed E-state index contributed by atoms with van der Waals surface area (Å²) in [6.45, 7) is 6.95. The summed E-state index contributed by atoms with van der Waals surface area (Å²) in [7, 11) is 0. The number of piperidine rings is 1. The van der Waals surface area contributed by atoms with Crippen LogP contribution >= 0.6 is 0 Å². The van der Waals surface area contributed by atoms with Gasteiger partial charge in [-0.25, -0.2) is 0 Å². The number of anilines is 2. The first-order chi connectivity index (χ1) is 7.18. The van der Waals surface area contributed by atoms with Crippen molar-refractivity contribution in [3.05, 3.63) is 24.3 Å². The van der Waals surface area contributed by atoms with Crippen LogP contribution in [-0.2, 0) is 0 Å². The van der Waals surface area contributed by atoms with E-state index in [-0.39, 0.29) is 0 Å². The SMILES string of the molecule is CC1CCN(c2ccccc2N)CC1C. The van der Waals surface area contributed by atoms with Gasteiger partial charge in [0.1, 0.15) is 0 Å².